The molecule has 0 aromatic heterocycles. The first-order valence-electron chi connectivity index (χ1n) is 10.9. The van der Waals surface area contributed by atoms with Crippen LogP contribution in [0.4, 0.5) is 0 Å². The maximum Gasteiger partial charge on any atom is 0.262 e. The minimum absolute atomic E-state index is 0.0764. The van der Waals surface area contributed by atoms with E-state index in [1.807, 2.05) is 24.3 Å². The number of nitrogens with zero attached hydrogens (tertiary/aromatic N) is 3. The molecule has 0 spiro atoms. The Balaban J connectivity index is 2.01. The number of methoxy groups -OCH3 is 4. The molecular weight excluding hydrogens is 438 g/mol. The van der Waals surface area contributed by atoms with Gasteiger partial charge in [-0.25, -0.2) is 5.01 Å². The fraction of sp³-hybridized carbons (Fsp3) is 0.400. The van der Waals surface area contributed by atoms with E-state index in [-0.39, 0.29) is 24.4 Å². The van der Waals surface area contributed by atoms with Gasteiger partial charge < -0.3 is 23.8 Å². The van der Waals surface area contributed by atoms with Crippen molar-refractivity contribution in [1.29, 1.82) is 0 Å². The lowest BCUT2D eigenvalue weighted by Crippen LogP contribution is -2.39. The maximum absolute atomic E-state index is 13.3. The van der Waals surface area contributed by atoms with E-state index >= 15 is 0 Å². The van der Waals surface area contributed by atoms with Crippen LogP contribution in [0.2, 0.25) is 0 Å². The minimum Gasteiger partial charge on any atom is -0.497 e. The molecule has 0 aliphatic carbocycles. The van der Waals surface area contributed by atoms with Crippen LogP contribution in [0.1, 0.15) is 36.9 Å². The monoisotopic (exact) mass is 469 g/mol. The van der Waals surface area contributed by atoms with Crippen molar-refractivity contribution in [1.82, 2.24) is 9.91 Å². The summed E-state index contributed by atoms with van der Waals surface area (Å²) in [7, 11) is 7.91. The van der Waals surface area contributed by atoms with Crippen LogP contribution in [0, 0.1) is 0 Å². The van der Waals surface area contributed by atoms with Gasteiger partial charge in [0.05, 0.1) is 40.2 Å². The average Bonchev–Trinajstić information content (AvgIpc) is 3.32. The zero-order chi connectivity index (χ0) is 24.8. The standard InChI is InChI=1S/C25H31N3O6/c1-7-24(29)27(2)15-25(30)28-20(16-8-11-21(32-4)23(12-16)34-6)14-19(26-28)18-10-9-17(31-3)13-22(18)33-5/h8-13,20H,7,14-15H2,1-6H3. The number of hydrogen-bond acceptors (Lipinski definition) is 7. The molecule has 34 heavy (non-hydrogen) atoms. The van der Waals surface area contributed by atoms with Gasteiger partial charge in [-0.1, -0.05) is 13.0 Å². The molecule has 2 aromatic rings. The quantitative estimate of drug-likeness (QED) is 0.560. The molecule has 1 aliphatic rings. The number of hydrogen-bond donors (Lipinski definition) is 0. The molecule has 9 heteroatoms. The largest absolute Gasteiger partial charge is 0.497 e. The van der Waals surface area contributed by atoms with Gasteiger partial charge in [0.1, 0.15) is 18.0 Å². The number of hydrazone groups is 1. The lowest BCUT2D eigenvalue weighted by molar-refractivity contribution is -0.140. The molecule has 0 radical (unpaired) electrons. The summed E-state index contributed by atoms with van der Waals surface area (Å²) in [6, 6.07) is 10.6. The lowest BCUT2D eigenvalue weighted by Gasteiger charge is -2.25. The van der Waals surface area contributed by atoms with Crippen molar-refractivity contribution >= 4 is 17.5 Å². The van der Waals surface area contributed by atoms with Gasteiger partial charge >= 0.3 is 0 Å². The van der Waals surface area contributed by atoms with E-state index in [1.54, 1.807) is 54.5 Å². The van der Waals surface area contributed by atoms with E-state index in [0.717, 1.165) is 11.1 Å². The predicted molar refractivity (Wildman–Crippen MR) is 128 cm³/mol. The van der Waals surface area contributed by atoms with E-state index < -0.39 is 0 Å². The number of rotatable bonds is 9. The number of carbonyl (C=O) groups is 2. The predicted octanol–water partition coefficient (Wildman–Crippen LogP) is 3.27. The van der Waals surface area contributed by atoms with Crippen molar-refractivity contribution in [3.63, 3.8) is 0 Å². The Labute approximate surface area is 199 Å². The molecule has 0 saturated carbocycles. The Bertz CT molecular complexity index is 1080. The average molecular weight is 470 g/mol. The van der Waals surface area contributed by atoms with Gasteiger partial charge in [0, 0.05) is 31.5 Å². The summed E-state index contributed by atoms with van der Waals surface area (Å²) in [6.45, 7) is 1.69. The first kappa shape index (κ1) is 24.9. The third kappa shape index (κ3) is 5.08. The second-order valence-corrected chi connectivity index (χ2v) is 7.79. The van der Waals surface area contributed by atoms with Gasteiger partial charge in [-0.15, -0.1) is 0 Å². The van der Waals surface area contributed by atoms with Crippen LogP contribution < -0.4 is 18.9 Å². The Kier molecular flexibility index (Phi) is 7.99. The van der Waals surface area contributed by atoms with Gasteiger partial charge in [0.25, 0.3) is 5.91 Å². The number of carbonyl (C=O) groups excluding carboxylic acids is 2. The Morgan fingerprint density at radius 1 is 0.971 bits per heavy atom. The van der Waals surface area contributed by atoms with Crippen molar-refractivity contribution in [2.75, 3.05) is 42.0 Å². The zero-order valence-corrected chi connectivity index (χ0v) is 20.5. The van der Waals surface area contributed by atoms with Crippen LogP contribution in [0.5, 0.6) is 23.0 Å². The van der Waals surface area contributed by atoms with Gasteiger partial charge in [-0.05, 0) is 29.8 Å². The molecule has 0 fully saturated rings. The molecule has 0 saturated heterocycles. The van der Waals surface area contributed by atoms with E-state index in [9.17, 15) is 9.59 Å². The van der Waals surface area contributed by atoms with E-state index in [0.29, 0.717) is 41.6 Å². The van der Waals surface area contributed by atoms with Gasteiger partial charge in [-0.3, -0.25) is 9.59 Å². The summed E-state index contributed by atoms with van der Waals surface area (Å²) in [5.74, 6) is 2.00. The molecule has 2 amide bonds. The number of benzene rings is 2. The molecule has 2 aromatic carbocycles. The normalized spacial score (nSPS) is 14.9. The summed E-state index contributed by atoms with van der Waals surface area (Å²) < 4.78 is 21.7. The summed E-state index contributed by atoms with van der Waals surface area (Å²) in [5.41, 5.74) is 2.29. The topological polar surface area (TPSA) is 89.9 Å². The third-order valence-electron chi connectivity index (χ3n) is 5.78. The second-order valence-electron chi connectivity index (χ2n) is 7.79. The summed E-state index contributed by atoms with van der Waals surface area (Å²) in [6.07, 6.45) is 0.774. The molecule has 9 nitrogen and oxygen atoms in total. The van der Waals surface area contributed by atoms with Crippen LogP contribution >= 0.6 is 0 Å². The fourth-order valence-electron chi connectivity index (χ4n) is 3.89. The lowest BCUT2D eigenvalue weighted by atomic mass is 9.97. The Morgan fingerprint density at radius 2 is 1.68 bits per heavy atom. The summed E-state index contributed by atoms with van der Waals surface area (Å²) in [4.78, 5) is 26.8. The van der Waals surface area contributed by atoms with Crippen LogP contribution in [0.15, 0.2) is 41.5 Å². The smallest absolute Gasteiger partial charge is 0.262 e. The fourth-order valence-corrected chi connectivity index (χ4v) is 3.89. The molecule has 3 rings (SSSR count). The Morgan fingerprint density at radius 3 is 2.29 bits per heavy atom. The number of ether oxygens (including phenoxy) is 4. The first-order valence-corrected chi connectivity index (χ1v) is 10.9. The van der Waals surface area contributed by atoms with Crippen LogP contribution in [0.3, 0.4) is 0 Å². The molecule has 182 valence electrons. The van der Waals surface area contributed by atoms with Crippen molar-refractivity contribution in [2.24, 2.45) is 5.10 Å². The van der Waals surface area contributed by atoms with Crippen LogP contribution in [0.25, 0.3) is 0 Å². The van der Waals surface area contributed by atoms with E-state index in [4.69, 9.17) is 18.9 Å². The zero-order valence-electron chi connectivity index (χ0n) is 20.5. The van der Waals surface area contributed by atoms with E-state index in [2.05, 4.69) is 5.10 Å². The van der Waals surface area contributed by atoms with Crippen LogP contribution in [-0.4, -0.2) is 69.5 Å². The summed E-state index contributed by atoms with van der Waals surface area (Å²) >= 11 is 0. The maximum atomic E-state index is 13.3. The van der Waals surface area contributed by atoms with Gasteiger partial charge in [0.15, 0.2) is 11.5 Å². The molecular formula is C25H31N3O6. The molecule has 1 unspecified atom stereocenters. The van der Waals surface area contributed by atoms with Crippen molar-refractivity contribution < 1.29 is 28.5 Å². The SMILES string of the molecule is CCC(=O)N(C)CC(=O)N1N=C(c2ccc(OC)cc2OC)CC1c1ccc(OC)c(OC)c1. The molecule has 0 N–H and O–H groups in total. The highest BCUT2D eigenvalue weighted by atomic mass is 16.5. The molecule has 1 heterocycles. The van der Waals surface area contributed by atoms with E-state index in [1.165, 1.54) is 9.91 Å². The number of likely N-dealkylation sites (N-methyl/N-ethyl adjacent to an activating group) is 1. The second kappa shape index (κ2) is 10.9. The van der Waals surface area contributed by atoms with Gasteiger partial charge in [0.2, 0.25) is 5.91 Å². The minimum atomic E-state index is -0.390. The molecule has 1 atom stereocenters. The van der Waals surface area contributed by atoms with Crippen molar-refractivity contribution in [2.45, 2.75) is 25.8 Å². The van der Waals surface area contributed by atoms with Gasteiger partial charge in [-0.2, -0.15) is 5.10 Å². The third-order valence-corrected chi connectivity index (χ3v) is 5.78. The highest BCUT2D eigenvalue weighted by Gasteiger charge is 2.35. The highest BCUT2D eigenvalue weighted by Crippen LogP contribution is 2.39. The highest BCUT2D eigenvalue weighted by molar-refractivity contribution is 6.05. The van der Waals surface area contributed by atoms with Crippen molar-refractivity contribution in [3.8, 4) is 23.0 Å². The molecule has 0 bridgehead atoms. The first-order chi connectivity index (χ1) is 16.4. The van der Waals surface area contributed by atoms with Crippen molar-refractivity contribution in [3.05, 3.63) is 47.5 Å². The Hall–Kier alpha value is -3.75. The number of amides is 2. The van der Waals surface area contributed by atoms with Crippen LogP contribution in [-0.2, 0) is 9.59 Å². The molecule has 1 aliphatic heterocycles. The summed E-state index contributed by atoms with van der Waals surface area (Å²) in [5, 5.41) is 6.13.